The van der Waals surface area contributed by atoms with Gasteiger partial charge in [0.2, 0.25) is 5.91 Å². The van der Waals surface area contributed by atoms with E-state index in [9.17, 15) is 32.3 Å². The number of ketones is 1. The number of carbonyl (C=O) groups excluding carboxylic acids is 2. The van der Waals surface area contributed by atoms with Crippen LogP contribution in [0.25, 0.3) is 10.9 Å². The molecule has 1 unspecified atom stereocenters. The zero-order valence-electron chi connectivity index (χ0n) is 18.8. The summed E-state index contributed by atoms with van der Waals surface area (Å²) in [6.45, 7) is 2.43. The smallest absolute Gasteiger partial charge is 0.305 e. The van der Waals surface area contributed by atoms with Gasteiger partial charge < -0.3 is 15.2 Å². The minimum atomic E-state index is -1.62. The van der Waals surface area contributed by atoms with E-state index in [2.05, 4.69) is 10.3 Å². The van der Waals surface area contributed by atoms with E-state index in [-0.39, 0.29) is 5.39 Å². The summed E-state index contributed by atoms with van der Waals surface area (Å²) in [5.74, 6) is -8.37. The first-order chi connectivity index (χ1) is 16.7. The van der Waals surface area contributed by atoms with Gasteiger partial charge in [0.1, 0.15) is 25.0 Å². The van der Waals surface area contributed by atoms with Crippen LogP contribution in [0.1, 0.15) is 20.3 Å². The molecule has 0 aliphatic carbocycles. The maximum atomic E-state index is 13.7. The number of Topliss-reactive ketones (excluding diaryl/α,β-unsaturated/α-hetero) is 1. The van der Waals surface area contributed by atoms with Crippen LogP contribution in [0.4, 0.5) is 13.2 Å². The summed E-state index contributed by atoms with van der Waals surface area (Å²) >= 11 is 0. The van der Waals surface area contributed by atoms with Crippen molar-refractivity contribution < 1.29 is 37.4 Å². The first-order valence-corrected chi connectivity index (χ1v) is 10.4. The van der Waals surface area contributed by atoms with Gasteiger partial charge in [-0.25, -0.2) is 18.2 Å². The Kier molecular flexibility index (Phi) is 9.50. The van der Waals surface area contributed by atoms with Gasteiger partial charge in [0.15, 0.2) is 23.2 Å². The van der Waals surface area contributed by atoms with Crippen LogP contribution in [0.3, 0.4) is 0 Å². The maximum Gasteiger partial charge on any atom is 0.305 e. The molecule has 0 bridgehead atoms. The molecule has 35 heavy (non-hydrogen) atoms. The predicted octanol–water partition coefficient (Wildman–Crippen LogP) is 2.45. The second kappa shape index (κ2) is 12.3. The van der Waals surface area contributed by atoms with Crippen molar-refractivity contribution in [2.75, 3.05) is 6.61 Å². The van der Waals surface area contributed by atoms with Crippen molar-refractivity contribution in [2.45, 2.75) is 32.9 Å². The molecule has 9 nitrogen and oxygen atoms in total. The molecule has 0 fully saturated rings. The molecule has 2 aromatic carbocycles. The maximum absolute atomic E-state index is 13.7. The number of amides is 1. The Morgan fingerprint density at radius 2 is 1.74 bits per heavy atom. The van der Waals surface area contributed by atoms with Crippen molar-refractivity contribution in [3.05, 3.63) is 70.5 Å². The van der Waals surface area contributed by atoms with E-state index in [0.29, 0.717) is 17.6 Å². The number of nitrogens with one attached hydrogen (secondary N) is 1. The molecule has 0 saturated heterocycles. The molecular formula is C23H22F3N3O6. The molecule has 0 aliphatic rings. The highest BCUT2D eigenvalue weighted by Gasteiger charge is 2.25. The van der Waals surface area contributed by atoms with Crippen LogP contribution >= 0.6 is 0 Å². The molecule has 3 aromatic rings. The Bertz CT molecular complexity index is 1270. The molecule has 1 heterocycles. The zero-order valence-corrected chi connectivity index (χ0v) is 18.8. The summed E-state index contributed by atoms with van der Waals surface area (Å²) in [5.41, 5.74) is -0.113. The van der Waals surface area contributed by atoms with Crippen molar-refractivity contribution in [1.82, 2.24) is 14.9 Å². The van der Waals surface area contributed by atoms with Gasteiger partial charge in [0, 0.05) is 12.1 Å². The Balaban J connectivity index is 0.00000210. The lowest BCUT2D eigenvalue weighted by Gasteiger charge is -2.17. The summed E-state index contributed by atoms with van der Waals surface area (Å²) in [6.07, 6.45) is 0.272. The molecule has 2 N–H and O–H groups in total. The second-order valence-corrected chi connectivity index (χ2v) is 6.87. The van der Waals surface area contributed by atoms with Crippen molar-refractivity contribution in [2.24, 2.45) is 0 Å². The van der Waals surface area contributed by atoms with Crippen molar-refractivity contribution in [3.63, 3.8) is 0 Å². The van der Waals surface area contributed by atoms with E-state index < -0.39 is 72.0 Å². The number of carboxylic acid groups (broad SMARTS) is 1. The highest BCUT2D eigenvalue weighted by molar-refractivity contribution is 5.92. The van der Waals surface area contributed by atoms with Gasteiger partial charge in [-0.1, -0.05) is 26.0 Å². The number of hydrogen-bond donors (Lipinski definition) is 2. The van der Waals surface area contributed by atoms with Gasteiger partial charge in [0.25, 0.3) is 5.56 Å². The van der Waals surface area contributed by atoms with Gasteiger partial charge in [-0.15, -0.1) is 0 Å². The molecule has 12 heteroatoms. The summed E-state index contributed by atoms with van der Waals surface area (Å²) in [4.78, 5) is 52.4. The highest BCUT2D eigenvalue weighted by Crippen LogP contribution is 2.22. The monoisotopic (exact) mass is 493 g/mol. The first kappa shape index (κ1) is 27.0. The normalized spacial score (nSPS) is 11.2. The van der Waals surface area contributed by atoms with Crippen LogP contribution in [0.2, 0.25) is 0 Å². The number of nitrogens with zero attached hydrogens (tertiary/aromatic N) is 2. The molecule has 0 saturated carbocycles. The number of carboxylic acids is 1. The fourth-order valence-electron chi connectivity index (χ4n) is 2.94. The zero-order chi connectivity index (χ0) is 26.1. The number of ether oxygens (including phenoxy) is 1. The third-order valence-electron chi connectivity index (χ3n) is 4.47. The van der Waals surface area contributed by atoms with Crippen LogP contribution in [0.5, 0.6) is 5.75 Å². The lowest BCUT2D eigenvalue weighted by molar-refractivity contribution is -0.140. The molecule has 1 amide bonds. The quantitative estimate of drug-likeness (QED) is 0.469. The SMILES string of the molecule is CC.O=C(O)CC(NC(=O)Cn1cnc2ccccc2c1=O)C(=O)COc1c(F)cc(F)cc1F. The number of fused-ring (bicyclic) bond motifs is 1. The average Bonchev–Trinajstić information content (AvgIpc) is 2.81. The van der Waals surface area contributed by atoms with E-state index >= 15 is 0 Å². The number of para-hydroxylation sites is 1. The van der Waals surface area contributed by atoms with E-state index in [0.717, 1.165) is 10.9 Å². The van der Waals surface area contributed by atoms with Crippen LogP contribution < -0.4 is 15.6 Å². The number of benzene rings is 2. The van der Waals surface area contributed by atoms with Crippen molar-refractivity contribution >= 4 is 28.6 Å². The number of aliphatic carboxylic acids is 1. The van der Waals surface area contributed by atoms with Crippen molar-refractivity contribution in [3.8, 4) is 5.75 Å². The van der Waals surface area contributed by atoms with E-state index in [1.165, 1.54) is 6.07 Å². The van der Waals surface area contributed by atoms with E-state index in [1.54, 1.807) is 18.2 Å². The lowest BCUT2D eigenvalue weighted by atomic mass is 10.1. The summed E-state index contributed by atoms with van der Waals surface area (Å²) < 4.78 is 46.0. The molecule has 1 aromatic heterocycles. The molecule has 3 rings (SSSR count). The predicted molar refractivity (Wildman–Crippen MR) is 118 cm³/mol. The first-order valence-electron chi connectivity index (χ1n) is 10.4. The van der Waals surface area contributed by atoms with Crippen LogP contribution in [0.15, 0.2) is 47.5 Å². The standard InChI is InChI=1S/C21H16F3N3O6.C2H6/c22-11-5-13(23)20(14(24)6-11)33-9-17(28)16(7-19(30)31)26-18(29)8-27-10-25-15-4-2-1-3-12(15)21(27)32;1-2/h1-6,10,16H,7-9H2,(H,26,29)(H,30,31);1-2H3. The van der Waals surface area contributed by atoms with Gasteiger partial charge >= 0.3 is 5.97 Å². The minimum Gasteiger partial charge on any atom is -0.481 e. The van der Waals surface area contributed by atoms with Gasteiger partial charge in [-0.2, -0.15) is 0 Å². The number of aromatic nitrogens is 2. The largest absolute Gasteiger partial charge is 0.481 e. The molecule has 0 radical (unpaired) electrons. The molecule has 186 valence electrons. The highest BCUT2D eigenvalue weighted by atomic mass is 19.1. The molecular weight excluding hydrogens is 471 g/mol. The fraction of sp³-hybridized carbons (Fsp3) is 0.261. The molecule has 1 atom stereocenters. The third-order valence-corrected chi connectivity index (χ3v) is 4.47. The lowest BCUT2D eigenvalue weighted by Crippen LogP contribution is -2.46. The Morgan fingerprint density at radius 1 is 1.11 bits per heavy atom. The number of carbonyl (C=O) groups is 3. The summed E-state index contributed by atoms with van der Waals surface area (Å²) in [5, 5.41) is 11.4. The number of rotatable bonds is 9. The fourth-order valence-corrected chi connectivity index (χ4v) is 2.94. The Labute approximate surface area is 197 Å². The Hall–Kier alpha value is -4.22. The summed E-state index contributed by atoms with van der Waals surface area (Å²) in [7, 11) is 0. The summed E-state index contributed by atoms with van der Waals surface area (Å²) in [6, 6.07) is 5.48. The van der Waals surface area contributed by atoms with Crippen molar-refractivity contribution in [1.29, 1.82) is 0 Å². The van der Waals surface area contributed by atoms with Gasteiger partial charge in [0.05, 0.1) is 23.7 Å². The van der Waals surface area contributed by atoms with E-state index in [1.807, 2.05) is 13.8 Å². The van der Waals surface area contributed by atoms with Gasteiger partial charge in [-0.05, 0) is 12.1 Å². The van der Waals surface area contributed by atoms with Crippen LogP contribution in [-0.4, -0.2) is 45.0 Å². The molecule has 0 aliphatic heterocycles. The Morgan fingerprint density at radius 3 is 2.37 bits per heavy atom. The number of hydrogen-bond acceptors (Lipinski definition) is 6. The second-order valence-electron chi connectivity index (χ2n) is 6.87. The van der Waals surface area contributed by atoms with Gasteiger partial charge in [-0.3, -0.25) is 23.7 Å². The number of halogens is 3. The van der Waals surface area contributed by atoms with Crippen LogP contribution in [0, 0.1) is 17.5 Å². The van der Waals surface area contributed by atoms with E-state index in [4.69, 9.17) is 9.84 Å². The molecule has 0 spiro atoms. The average molecular weight is 493 g/mol. The topological polar surface area (TPSA) is 128 Å². The third kappa shape index (κ3) is 7.13. The van der Waals surface area contributed by atoms with Crippen LogP contribution in [-0.2, 0) is 20.9 Å². The minimum absolute atomic E-state index is 0.253.